The van der Waals surface area contributed by atoms with Crippen LogP contribution in [0.25, 0.3) is 0 Å². The number of amides is 2. The summed E-state index contributed by atoms with van der Waals surface area (Å²) in [5.74, 6) is -0.00385. The van der Waals surface area contributed by atoms with Crippen molar-refractivity contribution < 1.29 is 9.59 Å². The van der Waals surface area contributed by atoms with Gasteiger partial charge < -0.3 is 0 Å². The van der Waals surface area contributed by atoms with Gasteiger partial charge in [-0.1, -0.05) is 39.0 Å². The molecule has 4 nitrogen and oxygen atoms in total. The first kappa shape index (κ1) is 14.0. The van der Waals surface area contributed by atoms with Crippen LogP contribution in [0.15, 0.2) is 0 Å². The van der Waals surface area contributed by atoms with Crippen LogP contribution in [0.4, 0.5) is 0 Å². The Morgan fingerprint density at radius 1 is 1.06 bits per heavy atom. The van der Waals surface area contributed by atoms with E-state index in [-0.39, 0.29) is 17.7 Å². The summed E-state index contributed by atoms with van der Waals surface area (Å²) in [6.07, 6.45) is 8.94. The zero-order valence-corrected chi connectivity index (χ0v) is 10.8. The monoisotopic (exact) mass is 240 g/mol. The van der Waals surface area contributed by atoms with E-state index in [0.717, 1.165) is 44.9 Å². The zero-order valence-electron chi connectivity index (χ0n) is 10.8. The molecule has 0 aliphatic heterocycles. The van der Waals surface area contributed by atoms with Crippen LogP contribution in [-0.2, 0) is 9.59 Å². The van der Waals surface area contributed by atoms with Crippen molar-refractivity contribution in [3.05, 3.63) is 0 Å². The SMILES string of the molecule is CCCCCC(=O)NNC(=O)C1CCCCC1. The van der Waals surface area contributed by atoms with E-state index in [1.165, 1.54) is 6.42 Å². The molecular weight excluding hydrogens is 216 g/mol. The van der Waals surface area contributed by atoms with Crippen LogP contribution >= 0.6 is 0 Å². The summed E-state index contributed by atoms with van der Waals surface area (Å²) in [5, 5.41) is 0. The molecule has 17 heavy (non-hydrogen) atoms. The quantitative estimate of drug-likeness (QED) is 0.572. The Morgan fingerprint density at radius 3 is 2.41 bits per heavy atom. The van der Waals surface area contributed by atoms with Gasteiger partial charge in [0.05, 0.1) is 0 Å². The van der Waals surface area contributed by atoms with Gasteiger partial charge in [-0.25, -0.2) is 0 Å². The van der Waals surface area contributed by atoms with Gasteiger partial charge in [-0.05, 0) is 19.3 Å². The molecule has 4 heteroatoms. The van der Waals surface area contributed by atoms with Crippen LogP contribution in [0, 0.1) is 5.92 Å². The molecule has 2 N–H and O–H groups in total. The molecule has 0 spiro atoms. The Kier molecular flexibility index (Phi) is 6.67. The molecule has 0 aromatic heterocycles. The molecule has 0 unspecified atom stereocenters. The van der Waals surface area contributed by atoms with Gasteiger partial charge in [-0.3, -0.25) is 20.4 Å². The Hall–Kier alpha value is -1.06. The van der Waals surface area contributed by atoms with Crippen molar-refractivity contribution in [1.82, 2.24) is 10.9 Å². The molecule has 1 aliphatic carbocycles. The largest absolute Gasteiger partial charge is 0.273 e. The highest BCUT2D eigenvalue weighted by atomic mass is 16.2. The van der Waals surface area contributed by atoms with Gasteiger partial charge in [0.15, 0.2) is 0 Å². The number of rotatable bonds is 5. The van der Waals surface area contributed by atoms with E-state index in [1.807, 2.05) is 0 Å². The third-order valence-electron chi connectivity index (χ3n) is 3.31. The van der Waals surface area contributed by atoms with E-state index in [9.17, 15) is 9.59 Å². The predicted octanol–water partition coefficient (Wildman–Crippen LogP) is 2.29. The highest BCUT2D eigenvalue weighted by Gasteiger charge is 2.20. The summed E-state index contributed by atoms with van der Waals surface area (Å²) in [6.45, 7) is 2.10. The van der Waals surface area contributed by atoms with Gasteiger partial charge in [-0.2, -0.15) is 0 Å². The summed E-state index contributed by atoms with van der Waals surface area (Å²) in [5.41, 5.74) is 5.04. The number of carbonyl (C=O) groups excluding carboxylic acids is 2. The van der Waals surface area contributed by atoms with Crippen LogP contribution in [-0.4, -0.2) is 11.8 Å². The van der Waals surface area contributed by atoms with E-state index in [0.29, 0.717) is 6.42 Å². The van der Waals surface area contributed by atoms with E-state index < -0.39 is 0 Å². The van der Waals surface area contributed by atoms with Gasteiger partial charge in [-0.15, -0.1) is 0 Å². The highest BCUT2D eigenvalue weighted by Crippen LogP contribution is 2.23. The maximum Gasteiger partial charge on any atom is 0.241 e. The maximum absolute atomic E-state index is 11.7. The van der Waals surface area contributed by atoms with Crippen LogP contribution in [0.2, 0.25) is 0 Å². The smallest absolute Gasteiger partial charge is 0.241 e. The minimum Gasteiger partial charge on any atom is -0.273 e. The fraction of sp³-hybridized carbons (Fsp3) is 0.846. The van der Waals surface area contributed by atoms with Crippen molar-refractivity contribution in [3.8, 4) is 0 Å². The molecule has 0 saturated heterocycles. The summed E-state index contributed by atoms with van der Waals surface area (Å²) in [4.78, 5) is 23.1. The lowest BCUT2D eigenvalue weighted by molar-refractivity contribution is -0.131. The molecule has 1 rings (SSSR count). The van der Waals surface area contributed by atoms with Crippen LogP contribution in [0.1, 0.15) is 64.7 Å². The molecular formula is C13H24N2O2. The van der Waals surface area contributed by atoms with Crippen LogP contribution < -0.4 is 10.9 Å². The second-order valence-corrected chi connectivity index (χ2v) is 4.83. The lowest BCUT2D eigenvalue weighted by atomic mass is 9.89. The fourth-order valence-corrected chi connectivity index (χ4v) is 2.20. The van der Waals surface area contributed by atoms with Crippen molar-refractivity contribution >= 4 is 11.8 Å². The number of hydrogen-bond acceptors (Lipinski definition) is 2. The van der Waals surface area contributed by atoms with Crippen molar-refractivity contribution in [3.63, 3.8) is 0 Å². The second-order valence-electron chi connectivity index (χ2n) is 4.83. The summed E-state index contributed by atoms with van der Waals surface area (Å²) >= 11 is 0. The molecule has 0 radical (unpaired) electrons. The Balaban J connectivity index is 2.11. The molecule has 2 amide bonds. The van der Waals surface area contributed by atoms with Crippen molar-refractivity contribution in [2.24, 2.45) is 5.92 Å². The predicted molar refractivity (Wildman–Crippen MR) is 67.0 cm³/mol. The molecule has 1 saturated carbocycles. The number of carbonyl (C=O) groups is 2. The molecule has 0 aromatic carbocycles. The standard InChI is InChI=1S/C13H24N2O2/c1-2-3-5-10-12(16)14-15-13(17)11-8-6-4-7-9-11/h11H,2-10H2,1H3,(H,14,16)(H,15,17). The van der Waals surface area contributed by atoms with Crippen LogP contribution in [0.5, 0.6) is 0 Å². The molecule has 0 aromatic rings. The van der Waals surface area contributed by atoms with Gasteiger partial charge >= 0.3 is 0 Å². The minimum absolute atomic E-state index is 0.0199. The van der Waals surface area contributed by atoms with Gasteiger partial charge in [0.1, 0.15) is 0 Å². The first-order chi connectivity index (χ1) is 8.24. The third-order valence-corrected chi connectivity index (χ3v) is 3.31. The topological polar surface area (TPSA) is 58.2 Å². The highest BCUT2D eigenvalue weighted by molar-refractivity contribution is 5.83. The van der Waals surface area contributed by atoms with E-state index in [1.54, 1.807) is 0 Å². The Labute approximate surface area is 104 Å². The number of nitrogens with one attached hydrogen (secondary N) is 2. The van der Waals surface area contributed by atoms with Crippen LogP contribution in [0.3, 0.4) is 0 Å². The van der Waals surface area contributed by atoms with E-state index in [4.69, 9.17) is 0 Å². The Morgan fingerprint density at radius 2 is 1.76 bits per heavy atom. The van der Waals surface area contributed by atoms with E-state index in [2.05, 4.69) is 17.8 Å². The van der Waals surface area contributed by atoms with Gasteiger partial charge in [0.25, 0.3) is 0 Å². The molecule has 1 aliphatic rings. The number of hydrogen-bond donors (Lipinski definition) is 2. The normalized spacial score (nSPS) is 16.5. The van der Waals surface area contributed by atoms with Crippen molar-refractivity contribution in [1.29, 1.82) is 0 Å². The van der Waals surface area contributed by atoms with Crippen molar-refractivity contribution in [2.45, 2.75) is 64.7 Å². The summed E-state index contributed by atoms with van der Waals surface area (Å²) in [6, 6.07) is 0. The molecule has 0 atom stereocenters. The van der Waals surface area contributed by atoms with Gasteiger partial charge in [0.2, 0.25) is 11.8 Å². The Bertz CT molecular complexity index is 248. The molecule has 0 heterocycles. The first-order valence-electron chi connectivity index (χ1n) is 6.82. The molecule has 1 fully saturated rings. The second kappa shape index (κ2) is 8.09. The minimum atomic E-state index is -0.0809. The average molecular weight is 240 g/mol. The average Bonchev–Trinajstić information content (AvgIpc) is 2.37. The lowest BCUT2D eigenvalue weighted by Gasteiger charge is -2.20. The molecule has 0 bridgehead atoms. The molecule has 98 valence electrons. The summed E-state index contributed by atoms with van der Waals surface area (Å²) in [7, 11) is 0. The van der Waals surface area contributed by atoms with E-state index >= 15 is 0 Å². The zero-order chi connectivity index (χ0) is 12.5. The third kappa shape index (κ3) is 5.71. The van der Waals surface area contributed by atoms with Gasteiger partial charge in [0, 0.05) is 12.3 Å². The fourth-order valence-electron chi connectivity index (χ4n) is 2.20. The van der Waals surface area contributed by atoms with Crippen molar-refractivity contribution in [2.75, 3.05) is 0 Å². The number of hydrazine groups is 1. The summed E-state index contributed by atoms with van der Waals surface area (Å²) < 4.78 is 0. The first-order valence-corrected chi connectivity index (χ1v) is 6.82. The lowest BCUT2D eigenvalue weighted by Crippen LogP contribution is -2.44. The number of unbranched alkanes of at least 4 members (excludes halogenated alkanes) is 2. The maximum atomic E-state index is 11.7.